The molecule has 1 saturated heterocycles. The van der Waals surface area contributed by atoms with Gasteiger partial charge in [-0.15, -0.1) is 0 Å². The third-order valence-corrected chi connectivity index (χ3v) is 5.28. The summed E-state index contributed by atoms with van der Waals surface area (Å²) in [6, 6.07) is 4.77. The Labute approximate surface area is 162 Å². The quantitative estimate of drug-likeness (QED) is 0.584. The van der Waals surface area contributed by atoms with Crippen molar-refractivity contribution in [1.29, 1.82) is 0 Å². The topological polar surface area (TPSA) is 106 Å². The van der Waals surface area contributed by atoms with Crippen molar-refractivity contribution in [2.24, 2.45) is 13.0 Å². The second kappa shape index (κ2) is 8.43. The van der Waals surface area contributed by atoms with Crippen molar-refractivity contribution in [2.45, 2.75) is 18.0 Å². The van der Waals surface area contributed by atoms with Crippen LogP contribution in [0.25, 0.3) is 0 Å². The molecule has 3 N–H and O–H groups in total. The van der Waals surface area contributed by atoms with Crippen LogP contribution in [0.2, 0.25) is 0 Å². The van der Waals surface area contributed by atoms with Gasteiger partial charge in [-0.25, -0.2) is 9.97 Å². The van der Waals surface area contributed by atoms with Gasteiger partial charge in [-0.3, -0.25) is 9.59 Å². The molecule has 1 amide bonds. The number of hydrogen-bond donors (Lipinski definition) is 2. The van der Waals surface area contributed by atoms with Crippen LogP contribution in [0.1, 0.15) is 23.2 Å². The zero-order valence-electron chi connectivity index (χ0n) is 15.5. The summed E-state index contributed by atoms with van der Waals surface area (Å²) in [5.74, 6) is 1.61. The summed E-state index contributed by atoms with van der Waals surface area (Å²) < 4.78 is 1.41. The summed E-state index contributed by atoms with van der Waals surface area (Å²) in [7, 11) is 1.64. The lowest BCUT2D eigenvalue weighted by Gasteiger charge is -2.33. The molecule has 0 spiro atoms. The Morgan fingerprint density at radius 3 is 2.74 bits per heavy atom. The number of pyridine rings is 1. The Hall–Kier alpha value is -2.55. The van der Waals surface area contributed by atoms with Crippen molar-refractivity contribution in [3.63, 3.8) is 0 Å². The number of nitrogens with zero attached hydrogens (tertiary/aromatic N) is 4. The normalized spacial score (nSPS) is 15.0. The molecule has 0 bridgehead atoms. The molecule has 2 aromatic heterocycles. The lowest BCUT2D eigenvalue weighted by atomic mass is 9.96. The average molecular weight is 388 g/mol. The highest BCUT2D eigenvalue weighted by atomic mass is 32.2. The molecule has 3 rings (SSSR count). The molecule has 0 atom stereocenters. The molecular formula is C18H24N6O2S. The fourth-order valence-corrected chi connectivity index (χ4v) is 3.50. The van der Waals surface area contributed by atoms with Crippen molar-refractivity contribution < 1.29 is 4.79 Å². The molecule has 8 nitrogen and oxygen atoms in total. The van der Waals surface area contributed by atoms with E-state index in [0.29, 0.717) is 29.0 Å². The first kappa shape index (κ1) is 19.2. The van der Waals surface area contributed by atoms with Gasteiger partial charge in [0, 0.05) is 45.0 Å². The number of thioether (sulfide) groups is 1. The van der Waals surface area contributed by atoms with Crippen molar-refractivity contribution >= 4 is 29.3 Å². The average Bonchev–Trinajstić information content (AvgIpc) is 2.68. The van der Waals surface area contributed by atoms with Crippen LogP contribution in [0, 0.1) is 5.92 Å². The van der Waals surface area contributed by atoms with E-state index in [1.165, 1.54) is 22.4 Å². The van der Waals surface area contributed by atoms with Gasteiger partial charge < -0.3 is 20.5 Å². The summed E-state index contributed by atoms with van der Waals surface area (Å²) >= 11 is 1.48. The first-order chi connectivity index (χ1) is 13.0. The Kier molecular flexibility index (Phi) is 6.00. The third kappa shape index (κ3) is 4.79. The predicted molar refractivity (Wildman–Crippen MR) is 107 cm³/mol. The molecule has 3 heterocycles. The molecule has 1 aliphatic heterocycles. The molecule has 0 unspecified atom stereocenters. The lowest BCUT2D eigenvalue weighted by Crippen LogP contribution is -2.39. The maximum atomic E-state index is 12.3. The largest absolute Gasteiger partial charge is 0.383 e. The highest BCUT2D eigenvalue weighted by Crippen LogP contribution is 2.24. The highest BCUT2D eigenvalue weighted by Gasteiger charge is 2.21. The molecule has 0 radical (unpaired) electrons. The van der Waals surface area contributed by atoms with Gasteiger partial charge in [0.25, 0.3) is 5.91 Å². The molecule has 144 valence electrons. The number of hydrogen-bond acceptors (Lipinski definition) is 7. The second-order valence-corrected chi connectivity index (χ2v) is 7.42. The number of nitrogen functional groups attached to an aromatic ring is 1. The van der Waals surface area contributed by atoms with Gasteiger partial charge in [0.05, 0.1) is 5.56 Å². The minimum Gasteiger partial charge on any atom is -0.383 e. The highest BCUT2D eigenvalue weighted by molar-refractivity contribution is 7.98. The number of piperidine rings is 1. The minimum absolute atomic E-state index is 0.131. The first-order valence-corrected chi connectivity index (χ1v) is 10.1. The molecule has 9 heteroatoms. The molecule has 2 aromatic rings. The standard InChI is InChI=1S/C18H24N6O2S/c1-23-11-13(3-4-16(23)25)17(26)20-10-12-5-7-24(8-6-12)15-9-14(19)21-18(22-15)27-2/h3-4,9,11-12H,5-8,10H2,1-2H3,(H,20,26)(H2,19,21,22). The van der Waals surface area contributed by atoms with Crippen LogP contribution in [-0.4, -0.2) is 46.3 Å². The summed E-state index contributed by atoms with van der Waals surface area (Å²) in [5.41, 5.74) is 6.23. The van der Waals surface area contributed by atoms with E-state index in [0.717, 1.165) is 31.7 Å². The van der Waals surface area contributed by atoms with Crippen molar-refractivity contribution in [2.75, 3.05) is 36.5 Å². The minimum atomic E-state index is -0.152. The fraction of sp³-hybridized carbons (Fsp3) is 0.444. The van der Waals surface area contributed by atoms with E-state index in [1.807, 2.05) is 12.3 Å². The van der Waals surface area contributed by atoms with Crippen molar-refractivity contribution in [3.8, 4) is 0 Å². The fourth-order valence-electron chi connectivity index (χ4n) is 3.12. The van der Waals surface area contributed by atoms with Gasteiger partial charge in [-0.2, -0.15) is 0 Å². The molecule has 1 aliphatic rings. The van der Waals surface area contributed by atoms with Gasteiger partial charge in [0.2, 0.25) is 5.56 Å². The van der Waals surface area contributed by atoms with Crippen molar-refractivity contribution in [1.82, 2.24) is 19.9 Å². The van der Waals surface area contributed by atoms with Crippen molar-refractivity contribution in [3.05, 3.63) is 40.3 Å². The number of nitrogens with two attached hydrogens (primary N) is 1. The SMILES string of the molecule is CSc1nc(N)cc(N2CCC(CNC(=O)c3ccc(=O)n(C)c3)CC2)n1. The number of aromatic nitrogens is 3. The van der Waals surface area contributed by atoms with E-state index in [-0.39, 0.29) is 11.5 Å². The van der Waals surface area contributed by atoms with E-state index >= 15 is 0 Å². The number of rotatable bonds is 5. The molecule has 0 aliphatic carbocycles. The smallest absolute Gasteiger partial charge is 0.252 e. The monoisotopic (exact) mass is 388 g/mol. The molecular weight excluding hydrogens is 364 g/mol. The Morgan fingerprint density at radius 2 is 2.07 bits per heavy atom. The van der Waals surface area contributed by atoms with E-state index in [9.17, 15) is 9.59 Å². The van der Waals surface area contributed by atoms with Crippen LogP contribution >= 0.6 is 11.8 Å². The van der Waals surface area contributed by atoms with Crippen LogP contribution < -0.4 is 21.5 Å². The zero-order chi connectivity index (χ0) is 19.4. The number of anilines is 2. The van der Waals surface area contributed by atoms with E-state index in [1.54, 1.807) is 19.3 Å². The van der Waals surface area contributed by atoms with Crippen LogP contribution in [0.3, 0.4) is 0 Å². The summed E-state index contributed by atoms with van der Waals surface area (Å²) in [5, 5.41) is 3.65. The van der Waals surface area contributed by atoms with Gasteiger partial charge in [-0.05, 0) is 31.1 Å². The third-order valence-electron chi connectivity index (χ3n) is 4.73. The van der Waals surface area contributed by atoms with Gasteiger partial charge in [-0.1, -0.05) is 11.8 Å². The van der Waals surface area contributed by atoms with Gasteiger partial charge >= 0.3 is 0 Å². The van der Waals surface area contributed by atoms with E-state index in [2.05, 4.69) is 20.2 Å². The van der Waals surface area contributed by atoms with E-state index < -0.39 is 0 Å². The molecule has 0 saturated carbocycles. The van der Waals surface area contributed by atoms with Crippen LogP contribution in [0.4, 0.5) is 11.6 Å². The number of aryl methyl sites for hydroxylation is 1. The second-order valence-electron chi connectivity index (χ2n) is 6.65. The first-order valence-electron chi connectivity index (χ1n) is 8.84. The number of carbonyl (C=O) groups excluding carboxylic acids is 1. The summed E-state index contributed by atoms with van der Waals surface area (Å²) in [6.45, 7) is 2.35. The number of nitrogens with one attached hydrogen (secondary N) is 1. The molecule has 27 heavy (non-hydrogen) atoms. The van der Waals surface area contributed by atoms with Crippen LogP contribution in [0.15, 0.2) is 34.3 Å². The Morgan fingerprint density at radius 1 is 1.33 bits per heavy atom. The summed E-state index contributed by atoms with van der Waals surface area (Å²) in [4.78, 5) is 34.6. The Bertz CT molecular complexity index is 876. The maximum absolute atomic E-state index is 12.3. The number of amides is 1. The van der Waals surface area contributed by atoms with Crippen LogP contribution in [0.5, 0.6) is 0 Å². The zero-order valence-corrected chi connectivity index (χ0v) is 16.3. The predicted octanol–water partition coefficient (Wildman–Crippen LogP) is 1.13. The van der Waals surface area contributed by atoms with Gasteiger partial charge in [0.15, 0.2) is 5.16 Å². The van der Waals surface area contributed by atoms with E-state index in [4.69, 9.17) is 5.73 Å². The molecule has 0 aromatic carbocycles. The molecule has 1 fully saturated rings. The Balaban J connectivity index is 1.52. The summed E-state index contributed by atoms with van der Waals surface area (Å²) in [6.07, 6.45) is 5.42. The lowest BCUT2D eigenvalue weighted by molar-refractivity contribution is 0.0944. The van der Waals surface area contributed by atoms with Crippen LogP contribution in [-0.2, 0) is 7.05 Å². The maximum Gasteiger partial charge on any atom is 0.252 e. The van der Waals surface area contributed by atoms with Gasteiger partial charge in [0.1, 0.15) is 11.6 Å². The number of carbonyl (C=O) groups is 1.